The standard InChI is InChI=1S/C21H26N2O5S2/c1-28-21(25)19-16-11-6-7-12-17(16)29-20(19)22-18(24)13-8-14-23(30(2,26)27)15-9-4-3-5-10-15/h3-5,9-10H,6-8,11-14H2,1-2H3,(H,22,24). The lowest BCUT2D eigenvalue weighted by molar-refractivity contribution is -0.116. The Morgan fingerprint density at radius 3 is 2.53 bits per heavy atom. The number of sulfonamides is 1. The van der Waals surface area contributed by atoms with Gasteiger partial charge in [0.25, 0.3) is 0 Å². The Morgan fingerprint density at radius 1 is 1.17 bits per heavy atom. The van der Waals surface area contributed by atoms with E-state index in [4.69, 9.17) is 4.74 Å². The van der Waals surface area contributed by atoms with Gasteiger partial charge in [-0.05, 0) is 49.8 Å². The number of aryl methyl sites for hydroxylation is 1. The van der Waals surface area contributed by atoms with E-state index < -0.39 is 16.0 Å². The monoisotopic (exact) mass is 450 g/mol. The van der Waals surface area contributed by atoms with Gasteiger partial charge in [0.05, 0.1) is 24.6 Å². The highest BCUT2D eigenvalue weighted by atomic mass is 32.2. The summed E-state index contributed by atoms with van der Waals surface area (Å²) in [4.78, 5) is 25.9. The van der Waals surface area contributed by atoms with Gasteiger partial charge in [-0.2, -0.15) is 0 Å². The quantitative estimate of drug-likeness (QED) is 0.621. The summed E-state index contributed by atoms with van der Waals surface area (Å²) in [6.45, 7) is 0.196. The van der Waals surface area contributed by atoms with Gasteiger partial charge in [-0.3, -0.25) is 9.10 Å². The molecule has 0 unspecified atom stereocenters. The van der Waals surface area contributed by atoms with Crippen molar-refractivity contribution in [1.29, 1.82) is 0 Å². The summed E-state index contributed by atoms with van der Waals surface area (Å²) in [5, 5.41) is 3.38. The second-order valence-corrected chi connectivity index (χ2v) is 10.2. The third-order valence-corrected chi connectivity index (χ3v) is 7.42. The zero-order chi connectivity index (χ0) is 21.7. The molecule has 0 radical (unpaired) electrons. The van der Waals surface area contributed by atoms with Crippen molar-refractivity contribution in [2.45, 2.75) is 38.5 Å². The summed E-state index contributed by atoms with van der Waals surface area (Å²) >= 11 is 1.44. The predicted molar refractivity (Wildman–Crippen MR) is 119 cm³/mol. The van der Waals surface area contributed by atoms with Crippen molar-refractivity contribution in [3.8, 4) is 0 Å². The summed E-state index contributed by atoms with van der Waals surface area (Å²) in [5.74, 6) is -0.683. The first-order valence-corrected chi connectivity index (χ1v) is 12.5. The van der Waals surface area contributed by atoms with Gasteiger partial charge in [-0.15, -0.1) is 11.3 Å². The molecule has 1 aromatic carbocycles. The van der Waals surface area contributed by atoms with E-state index in [9.17, 15) is 18.0 Å². The minimum atomic E-state index is -3.46. The maximum atomic E-state index is 12.5. The number of para-hydroxylation sites is 1. The van der Waals surface area contributed by atoms with Crippen LogP contribution in [0, 0.1) is 0 Å². The molecule has 0 aliphatic heterocycles. The Labute approximate surface area is 181 Å². The molecule has 0 spiro atoms. The first-order valence-electron chi connectivity index (χ1n) is 9.86. The number of methoxy groups -OCH3 is 1. The average Bonchev–Trinajstić information content (AvgIpc) is 3.08. The number of nitrogens with one attached hydrogen (secondary N) is 1. The fourth-order valence-corrected chi connectivity index (χ4v) is 5.88. The van der Waals surface area contributed by atoms with Crippen molar-refractivity contribution >= 4 is 43.9 Å². The number of nitrogens with zero attached hydrogens (tertiary/aromatic N) is 1. The van der Waals surface area contributed by atoms with E-state index in [1.807, 2.05) is 6.07 Å². The molecule has 2 aromatic rings. The zero-order valence-electron chi connectivity index (χ0n) is 17.1. The van der Waals surface area contributed by atoms with Gasteiger partial charge < -0.3 is 10.1 Å². The molecule has 1 heterocycles. The lowest BCUT2D eigenvalue weighted by Gasteiger charge is -2.22. The normalized spacial score (nSPS) is 13.4. The van der Waals surface area contributed by atoms with E-state index in [0.717, 1.165) is 42.4 Å². The van der Waals surface area contributed by atoms with Gasteiger partial charge in [0, 0.05) is 17.8 Å². The van der Waals surface area contributed by atoms with Crippen LogP contribution in [0.15, 0.2) is 30.3 Å². The first-order chi connectivity index (χ1) is 14.3. The van der Waals surface area contributed by atoms with Crippen molar-refractivity contribution in [2.24, 2.45) is 0 Å². The maximum absolute atomic E-state index is 12.5. The van der Waals surface area contributed by atoms with Crippen LogP contribution < -0.4 is 9.62 Å². The number of fused-ring (bicyclic) bond motifs is 1. The van der Waals surface area contributed by atoms with Crippen LogP contribution in [0.5, 0.6) is 0 Å². The Balaban J connectivity index is 1.66. The largest absolute Gasteiger partial charge is 0.465 e. The van der Waals surface area contributed by atoms with Crippen LogP contribution in [0.4, 0.5) is 10.7 Å². The smallest absolute Gasteiger partial charge is 0.341 e. The summed E-state index contributed by atoms with van der Waals surface area (Å²) < 4.78 is 30.5. The molecule has 0 atom stereocenters. The summed E-state index contributed by atoms with van der Waals surface area (Å²) in [6, 6.07) is 8.80. The number of hydrogen-bond acceptors (Lipinski definition) is 6. The molecular formula is C21H26N2O5S2. The molecule has 7 nitrogen and oxygen atoms in total. The maximum Gasteiger partial charge on any atom is 0.341 e. The predicted octanol–water partition coefficient (Wildman–Crippen LogP) is 3.60. The van der Waals surface area contributed by atoms with E-state index in [2.05, 4.69) is 5.32 Å². The van der Waals surface area contributed by atoms with Crippen molar-refractivity contribution < 1.29 is 22.7 Å². The molecule has 0 bridgehead atoms. The van der Waals surface area contributed by atoms with Crippen LogP contribution in [-0.4, -0.2) is 40.2 Å². The SMILES string of the molecule is COC(=O)c1c(NC(=O)CCCN(c2ccccc2)S(C)(=O)=O)sc2c1CCCC2. The Morgan fingerprint density at radius 2 is 1.87 bits per heavy atom. The second-order valence-electron chi connectivity index (χ2n) is 7.23. The number of carbonyl (C=O) groups is 2. The van der Waals surface area contributed by atoms with E-state index in [-0.39, 0.29) is 18.9 Å². The Hall–Kier alpha value is -2.39. The third-order valence-electron chi connectivity index (χ3n) is 5.02. The van der Waals surface area contributed by atoms with Crippen LogP contribution in [0.25, 0.3) is 0 Å². The van der Waals surface area contributed by atoms with Gasteiger partial charge in [0.1, 0.15) is 5.00 Å². The molecule has 162 valence electrons. The number of benzene rings is 1. The molecule has 30 heavy (non-hydrogen) atoms. The number of carbonyl (C=O) groups excluding carboxylic acids is 2. The van der Waals surface area contributed by atoms with Gasteiger partial charge in [0.15, 0.2) is 0 Å². The number of ether oxygens (including phenoxy) is 1. The highest BCUT2D eigenvalue weighted by Crippen LogP contribution is 2.38. The van der Waals surface area contributed by atoms with Crippen LogP contribution in [0.2, 0.25) is 0 Å². The number of rotatable bonds is 8. The second kappa shape index (κ2) is 9.61. The molecule has 0 saturated heterocycles. The van der Waals surface area contributed by atoms with Crippen LogP contribution in [-0.2, 0) is 32.4 Å². The minimum absolute atomic E-state index is 0.141. The van der Waals surface area contributed by atoms with Gasteiger partial charge in [-0.25, -0.2) is 13.2 Å². The number of amides is 1. The average molecular weight is 451 g/mol. The van der Waals surface area contributed by atoms with Gasteiger partial charge in [-0.1, -0.05) is 18.2 Å². The third kappa shape index (κ3) is 5.20. The van der Waals surface area contributed by atoms with Crippen LogP contribution in [0.1, 0.15) is 46.5 Å². The molecule has 9 heteroatoms. The van der Waals surface area contributed by atoms with Gasteiger partial charge >= 0.3 is 5.97 Å². The summed E-state index contributed by atoms with van der Waals surface area (Å²) in [5.41, 5.74) is 2.02. The lowest BCUT2D eigenvalue weighted by atomic mass is 9.95. The topological polar surface area (TPSA) is 92.8 Å². The van der Waals surface area contributed by atoms with Crippen LogP contribution >= 0.6 is 11.3 Å². The number of thiophene rings is 1. The number of esters is 1. The Bertz CT molecular complexity index is 1020. The molecule has 0 saturated carbocycles. The molecule has 1 aromatic heterocycles. The van der Waals surface area contributed by atoms with Crippen molar-refractivity contribution in [3.63, 3.8) is 0 Å². The van der Waals surface area contributed by atoms with E-state index >= 15 is 0 Å². The summed E-state index contributed by atoms with van der Waals surface area (Å²) in [7, 11) is -2.12. The van der Waals surface area contributed by atoms with Crippen molar-refractivity contribution in [2.75, 3.05) is 29.5 Å². The van der Waals surface area contributed by atoms with E-state index in [0.29, 0.717) is 22.7 Å². The highest BCUT2D eigenvalue weighted by molar-refractivity contribution is 7.92. The molecular weight excluding hydrogens is 424 g/mol. The van der Waals surface area contributed by atoms with Crippen molar-refractivity contribution in [3.05, 3.63) is 46.3 Å². The number of hydrogen-bond donors (Lipinski definition) is 1. The summed E-state index contributed by atoms with van der Waals surface area (Å²) in [6.07, 6.45) is 5.45. The first kappa shape index (κ1) is 22.3. The van der Waals surface area contributed by atoms with E-state index in [1.165, 1.54) is 22.8 Å². The van der Waals surface area contributed by atoms with E-state index in [1.54, 1.807) is 24.3 Å². The fraction of sp³-hybridized carbons (Fsp3) is 0.429. The fourth-order valence-electron chi connectivity index (χ4n) is 3.62. The van der Waals surface area contributed by atoms with Crippen LogP contribution in [0.3, 0.4) is 0 Å². The Kier molecular flexibility index (Phi) is 7.14. The molecule has 1 aliphatic rings. The van der Waals surface area contributed by atoms with Crippen molar-refractivity contribution in [1.82, 2.24) is 0 Å². The molecule has 0 fully saturated rings. The minimum Gasteiger partial charge on any atom is -0.465 e. The molecule has 1 aliphatic carbocycles. The zero-order valence-corrected chi connectivity index (χ0v) is 18.8. The number of anilines is 2. The highest BCUT2D eigenvalue weighted by Gasteiger charge is 2.27. The molecule has 3 rings (SSSR count). The molecule has 1 N–H and O–H groups in total. The van der Waals surface area contributed by atoms with Gasteiger partial charge in [0.2, 0.25) is 15.9 Å². The lowest BCUT2D eigenvalue weighted by Crippen LogP contribution is -2.31. The molecule has 1 amide bonds.